The predicted molar refractivity (Wildman–Crippen MR) is 86.0 cm³/mol. The van der Waals surface area contributed by atoms with Gasteiger partial charge in [-0.3, -0.25) is 4.79 Å². The minimum Gasteiger partial charge on any atom is -0.367 e. The topological polar surface area (TPSA) is 111 Å². The fourth-order valence-corrected chi connectivity index (χ4v) is 2.01. The van der Waals surface area contributed by atoms with Crippen LogP contribution in [0.3, 0.4) is 0 Å². The van der Waals surface area contributed by atoms with Crippen molar-refractivity contribution in [1.82, 2.24) is 30.5 Å². The van der Waals surface area contributed by atoms with Gasteiger partial charge in [0, 0.05) is 25.4 Å². The number of nitrogens with one attached hydrogen (secondary N) is 2. The van der Waals surface area contributed by atoms with Crippen molar-refractivity contribution in [2.24, 2.45) is 0 Å². The van der Waals surface area contributed by atoms with E-state index in [2.05, 4.69) is 31.1 Å². The van der Waals surface area contributed by atoms with Gasteiger partial charge in [0.1, 0.15) is 11.6 Å². The average Bonchev–Trinajstić information content (AvgIpc) is 3.20. The molecule has 0 saturated carbocycles. The number of rotatable bonds is 6. The van der Waals surface area contributed by atoms with Crippen LogP contribution in [-0.2, 0) is 0 Å². The molecule has 0 atom stereocenters. The zero-order chi connectivity index (χ0) is 16.9. The summed E-state index contributed by atoms with van der Waals surface area (Å²) in [4.78, 5) is 11.8. The van der Waals surface area contributed by atoms with Crippen LogP contribution in [-0.4, -0.2) is 44.1 Å². The molecule has 0 fully saturated rings. The highest BCUT2D eigenvalue weighted by Gasteiger charge is 2.09. The Kier molecular flexibility index (Phi) is 4.50. The van der Waals surface area contributed by atoms with Gasteiger partial charge in [-0.05, 0) is 32.0 Å². The first-order valence-corrected chi connectivity index (χ1v) is 7.43. The van der Waals surface area contributed by atoms with Gasteiger partial charge in [0.15, 0.2) is 11.5 Å². The quantitative estimate of drug-likeness (QED) is 0.652. The molecule has 2 N–H and O–H groups in total. The lowest BCUT2D eigenvalue weighted by molar-refractivity contribution is 0.0946. The summed E-state index contributed by atoms with van der Waals surface area (Å²) in [5, 5.41) is 21.9. The molecule has 0 bridgehead atoms. The van der Waals surface area contributed by atoms with Crippen LogP contribution in [0.4, 0.5) is 5.82 Å². The lowest BCUT2D eigenvalue weighted by atomic mass is 10.3. The first-order valence-electron chi connectivity index (χ1n) is 7.43. The maximum Gasteiger partial charge on any atom is 0.273 e. The zero-order valence-electron chi connectivity index (χ0n) is 13.4. The molecule has 0 aliphatic carbocycles. The maximum atomic E-state index is 11.8. The van der Waals surface area contributed by atoms with Crippen molar-refractivity contribution in [2.45, 2.75) is 13.8 Å². The second-order valence-electron chi connectivity index (χ2n) is 5.18. The maximum absolute atomic E-state index is 11.8. The molecule has 0 unspecified atom stereocenters. The third-order valence-corrected chi connectivity index (χ3v) is 3.18. The Hall–Kier alpha value is -3.23. The fourth-order valence-electron chi connectivity index (χ4n) is 2.01. The van der Waals surface area contributed by atoms with Gasteiger partial charge in [0.2, 0.25) is 0 Å². The monoisotopic (exact) mass is 327 g/mol. The molecule has 3 heterocycles. The normalized spacial score (nSPS) is 10.6. The largest absolute Gasteiger partial charge is 0.367 e. The van der Waals surface area contributed by atoms with Crippen LogP contribution < -0.4 is 10.6 Å². The summed E-state index contributed by atoms with van der Waals surface area (Å²) in [6, 6.07) is 7.11. The van der Waals surface area contributed by atoms with Crippen LogP contribution in [0.25, 0.3) is 5.82 Å². The molecule has 3 rings (SSSR count). The first-order chi connectivity index (χ1) is 11.6. The second-order valence-corrected chi connectivity index (χ2v) is 5.18. The number of nitrogens with zero attached hydrogens (tertiary/aromatic N) is 5. The molecular weight excluding hydrogens is 310 g/mol. The highest BCUT2D eigenvalue weighted by Crippen LogP contribution is 2.06. The van der Waals surface area contributed by atoms with Gasteiger partial charge in [0.25, 0.3) is 5.91 Å². The van der Waals surface area contributed by atoms with Gasteiger partial charge in [-0.15, -0.1) is 10.2 Å². The summed E-state index contributed by atoms with van der Waals surface area (Å²) in [5.41, 5.74) is 1.18. The fraction of sp³-hybridized carbons (Fsp3) is 0.267. The van der Waals surface area contributed by atoms with Gasteiger partial charge < -0.3 is 15.2 Å². The summed E-state index contributed by atoms with van der Waals surface area (Å²) < 4.78 is 6.52. The van der Waals surface area contributed by atoms with Crippen molar-refractivity contribution >= 4 is 11.7 Å². The molecule has 0 spiro atoms. The number of aryl methyl sites for hydroxylation is 2. The molecule has 0 saturated heterocycles. The molecule has 0 aromatic carbocycles. The van der Waals surface area contributed by atoms with Gasteiger partial charge in [0.05, 0.1) is 5.69 Å². The van der Waals surface area contributed by atoms with Crippen molar-refractivity contribution in [3.63, 3.8) is 0 Å². The standard InChI is InChI=1S/C15H17N7O2/c1-10-5-8-22(20-10)14-4-3-13(18-19-14)16-6-7-17-15(23)12-9-11(2)24-21-12/h3-5,8-9H,6-7H2,1-2H3,(H,16,18)(H,17,23). The number of hydrogen-bond acceptors (Lipinski definition) is 7. The van der Waals surface area contributed by atoms with Crippen molar-refractivity contribution < 1.29 is 9.32 Å². The lowest BCUT2D eigenvalue weighted by Gasteiger charge is -2.06. The van der Waals surface area contributed by atoms with Crippen LogP contribution in [0.15, 0.2) is 35.0 Å². The number of carbonyl (C=O) groups is 1. The van der Waals surface area contributed by atoms with E-state index in [1.165, 1.54) is 0 Å². The number of anilines is 1. The Labute approximate surface area is 138 Å². The molecule has 0 radical (unpaired) electrons. The van der Waals surface area contributed by atoms with Crippen molar-refractivity contribution in [2.75, 3.05) is 18.4 Å². The van der Waals surface area contributed by atoms with Crippen LogP contribution >= 0.6 is 0 Å². The van der Waals surface area contributed by atoms with E-state index in [0.29, 0.717) is 30.5 Å². The van der Waals surface area contributed by atoms with Crippen LogP contribution in [0.5, 0.6) is 0 Å². The molecule has 3 aromatic rings. The van der Waals surface area contributed by atoms with Crippen molar-refractivity contribution in [3.8, 4) is 5.82 Å². The number of carbonyl (C=O) groups excluding carboxylic acids is 1. The van der Waals surface area contributed by atoms with E-state index in [-0.39, 0.29) is 11.6 Å². The Morgan fingerprint density at radius 1 is 1.21 bits per heavy atom. The molecule has 1 amide bonds. The Balaban J connectivity index is 1.46. The summed E-state index contributed by atoms with van der Waals surface area (Å²) in [6.07, 6.45) is 1.83. The van der Waals surface area contributed by atoms with Crippen LogP contribution in [0.2, 0.25) is 0 Å². The summed E-state index contributed by atoms with van der Waals surface area (Å²) in [6.45, 7) is 4.58. The Morgan fingerprint density at radius 2 is 2.08 bits per heavy atom. The van der Waals surface area contributed by atoms with Gasteiger partial charge in [-0.1, -0.05) is 5.16 Å². The van der Waals surface area contributed by atoms with E-state index in [0.717, 1.165) is 5.69 Å². The third-order valence-electron chi connectivity index (χ3n) is 3.18. The van der Waals surface area contributed by atoms with E-state index in [9.17, 15) is 4.79 Å². The van der Waals surface area contributed by atoms with Gasteiger partial charge in [-0.2, -0.15) is 5.10 Å². The highest BCUT2D eigenvalue weighted by atomic mass is 16.5. The summed E-state index contributed by atoms with van der Waals surface area (Å²) >= 11 is 0. The van der Waals surface area contributed by atoms with Crippen LogP contribution in [0, 0.1) is 13.8 Å². The van der Waals surface area contributed by atoms with Crippen LogP contribution in [0.1, 0.15) is 21.9 Å². The van der Waals surface area contributed by atoms with Gasteiger partial charge in [-0.25, -0.2) is 4.68 Å². The van der Waals surface area contributed by atoms with E-state index in [4.69, 9.17) is 4.52 Å². The SMILES string of the molecule is Cc1ccn(-c2ccc(NCCNC(=O)c3cc(C)on3)nn2)n1. The highest BCUT2D eigenvalue weighted by molar-refractivity contribution is 5.92. The summed E-state index contributed by atoms with van der Waals surface area (Å²) in [5.74, 6) is 1.59. The molecule has 9 nitrogen and oxygen atoms in total. The minimum absolute atomic E-state index is 0.270. The molecule has 124 valence electrons. The smallest absolute Gasteiger partial charge is 0.273 e. The van der Waals surface area contributed by atoms with E-state index in [1.807, 2.05) is 31.3 Å². The molecular formula is C15H17N7O2. The average molecular weight is 327 g/mol. The first kappa shape index (κ1) is 15.7. The molecule has 0 aliphatic heterocycles. The molecule has 3 aromatic heterocycles. The molecule has 9 heteroatoms. The molecule has 0 aliphatic rings. The van der Waals surface area contributed by atoms with Crippen molar-refractivity contribution in [3.05, 3.63) is 47.6 Å². The van der Waals surface area contributed by atoms with E-state index >= 15 is 0 Å². The Morgan fingerprint density at radius 3 is 2.71 bits per heavy atom. The third kappa shape index (κ3) is 3.75. The van der Waals surface area contributed by atoms with E-state index < -0.39 is 0 Å². The number of aromatic nitrogens is 5. The number of hydrogen-bond donors (Lipinski definition) is 2. The zero-order valence-corrected chi connectivity index (χ0v) is 13.4. The van der Waals surface area contributed by atoms with Gasteiger partial charge >= 0.3 is 0 Å². The Bertz CT molecular complexity index is 822. The lowest BCUT2D eigenvalue weighted by Crippen LogP contribution is -2.29. The second kappa shape index (κ2) is 6.90. The van der Waals surface area contributed by atoms with E-state index in [1.54, 1.807) is 17.7 Å². The van der Waals surface area contributed by atoms with Crippen molar-refractivity contribution in [1.29, 1.82) is 0 Å². The summed E-state index contributed by atoms with van der Waals surface area (Å²) in [7, 11) is 0. The molecule has 24 heavy (non-hydrogen) atoms. The number of amides is 1. The minimum atomic E-state index is -0.274. The predicted octanol–water partition coefficient (Wildman–Crippen LogP) is 1.11.